The van der Waals surface area contributed by atoms with Crippen LogP contribution in [-0.4, -0.2) is 17.5 Å². The molecule has 26 heavy (non-hydrogen) atoms. The largest absolute Gasteiger partial charge is 0.493 e. The van der Waals surface area contributed by atoms with Gasteiger partial charge in [-0.3, -0.25) is 4.79 Å². The molecule has 1 amide bonds. The number of hydrogen-bond donors (Lipinski definition) is 1. The number of rotatable bonds is 3. The molecule has 3 heterocycles. The highest BCUT2D eigenvalue weighted by atomic mass is 32.1. The molecule has 1 aliphatic heterocycles. The summed E-state index contributed by atoms with van der Waals surface area (Å²) in [6, 6.07) is 8.23. The summed E-state index contributed by atoms with van der Waals surface area (Å²) >= 11 is 3.10. The van der Waals surface area contributed by atoms with E-state index in [1.165, 1.54) is 16.9 Å². The summed E-state index contributed by atoms with van der Waals surface area (Å²) in [6.07, 6.45) is 0.775. The fraction of sp³-hybridized carbons (Fsp3) is 0.300. The summed E-state index contributed by atoms with van der Waals surface area (Å²) in [5, 5.41) is 6.13. The molecule has 4 nitrogen and oxygen atoms in total. The standard InChI is InChI=1S/C20H20N2O2S2/c1-11-9-12(2)17-14(10-11)15(6-7-24-17)22-19(23)18-13(3)21-20(26-18)16-5-4-8-25-16/h4-5,8-10,15H,6-7H2,1-3H3,(H,22,23). The number of aromatic nitrogens is 1. The molecular weight excluding hydrogens is 364 g/mol. The highest BCUT2D eigenvalue weighted by molar-refractivity contribution is 7.22. The smallest absolute Gasteiger partial charge is 0.263 e. The van der Waals surface area contributed by atoms with E-state index in [4.69, 9.17) is 4.74 Å². The van der Waals surface area contributed by atoms with Crippen molar-refractivity contribution in [1.29, 1.82) is 0 Å². The fourth-order valence-corrected chi connectivity index (χ4v) is 5.13. The number of amides is 1. The van der Waals surface area contributed by atoms with Gasteiger partial charge in [-0.15, -0.1) is 22.7 Å². The fourth-order valence-electron chi connectivity index (χ4n) is 3.36. The van der Waals surface area contributed by atoms with Crippen molar-refractivity contribution in [3.8, 4) is 15.6 Å². The lowest BCUT2D eigenvalue weighted by Gasteiger charge is -2.28. The zero-order valence-corrected chi connectivity index (χ0v) is 16.6. The number of thiazole rings is 1. The van der Waals surface area contributed by atoms with Crippen LogP contribution < -0.4 is 10.1 Å². The number of fused-ring (bicyclic) bond motifs is 1. The molecule has 1 aromatic carbocycles. The van der Waals surface area contributed by atoms with Crippen molar-refractivity contribution in [2.24, 2.45) is 0 Å². The second-order valence-corrected chi connectivity index (χ2v) is 8.52. The van der Waals surface area contributed by atoms with Gasteiger partial charge >= 0.3 is 0 Å². The number of aryl methyl sites for hydroxylation is 3. The molecule has 1 N–H and O–H groups in total. The predicted molar refractivity (Wildman–Crippen MR) is 106 cm³/mol. The zero-order chi connectivity index (χ0) is 18.3. The van der Waals surface area contributed by atoms with E-state index in [0.29, 0.717) is 11.5 Å². The monoisotopic (exact) mass is 384 g/mol. The van der Waals surface area contributed by atoms with Crippen molar-refractivity contribution in [3.63, 3.8) is 0 Å². The van der Waals surface area contributed by atoms with E-state index >= 15 is 0 Å². The van der Waals surface area contributed by atoms with Gasteiger partial charge in [0.2, 0.25) is 0 Å². The van der Waals surface area contributed by atoms with Crippen molar-refractivity contribution in [3.05, 3.63) is 56.9 Å². The number of hydrogen-bond acceptors (Lipinski definition) is 5. The van der Waals surface area contributed by atoms with Crippen molar-refractivity contribution in [2.75, 3.05) is 6.61 Å². The van der Waals surface area contributed by atoms with Crippen LogP contribution in [0, 0.1) is 20.8 Å². The van der Waals surface area contributed by atoms with E-state index < -0.39 is 0 Å². The molecule has 0 aliphatic carbocycles. The lowest BCUT2D eigenvalue weighted by atomic mass is 9.95. The second kappa shape index (κ2) is 6.85. The van der Waals surface area contributed by atoms with E-state index in [-0.39, 0.29) is 11.9 Å². The number of nitrogens with zero attached hydrogens (tertiary/aromatic N) is 1. The highest BCUT2D eigenvalue weighted by Crippen LogP contribution is 2.36. The second-order valence-electron chi connectivity index (χ2n) is 6.57. The maximum atomic E-state index is 12.9. The number of ether oxygens (including phenoxy) is 1. The summed E-state index contributed by atoms with van der Waals surface area (Å²) in [5.41, 5.74) is 4.15. The molecule has 1 unspecified atom stereocenters. The molecule has 0 spiro atoms. The Kier molecular flexibility index (Phi) is 4.54. The molecule has 0 saturated carbocycles. The van der Waals surface area contributed by atoms with E-state index in [2.05, 4.69) is 36.3 Å². The maximum absolute atomic E-state index is 12.9. The van der Waals surface area contributed by atoms with Crippen LogP contribution in [0.2, 0.25) is 0 Å². The van der Waals surface area contributed by atoms with Crippen LogP contribution >= 0.6 is 22.7 Å². The third-order valence-corrected chi connectivity index (χ3v) is 6.71. The summed E-state index contributed by atoms with van der Waals surface area (Å²) in [7, 11) is 0. The minimum Gasteiger partial charge on any atom is -0.493 e. The van der Waals surface area contributed by atoms with Gasteiger partial charge in [-0.05, 0) is 37.8 Å². The topological polar surface area (TPSA) is 51.2 Å². The first kappa shape index (κ1) is 17.2. The van der Waals surface area contributed by atoms with E-state index in [9.17, 15) is 4.79 Å². The summed E-state index contributed by atoms with van der Waals surface area (Å²) in [4.78, 5) is 19.3. The van der Waals surface area contributed by atoms with Gasteiger partial charge < -0.3 is 10.1 Å². The lowest BCUT2D eigenvalue weighted by Crippen LogP contribution is -2.32. The Morgan fingerprint density at radius 1 is 1.31 bits per heavy atom. The SMILES string of the molecule is Cc1cc(C)c2c(c1)C(NC(=O)c1sc(-c3cccs3)nc1C)CCO2. The molecule has 1 aliphatic rings. The Bertz CT molecular complexity index is 961. The van der Waals surface area contributed by atoms with Gasteiger partial charge in [-0.1, -0.05) is 23.8 Å². The number of nitrogens with one attached hydrogen (secondary N) is 1. The molecule has 1 atom stereocenters. The first-order chi connectivity index (χ1) is 12.5. The minimum atomic E-state index is -0.0557. The molecule has 0 bridgehead atoms. The quantitative estimate of drug-likeness (QED) is 0.687. The third kappa shape index (κ3) is 3.15. The summed E-state index contributed by atoms with van der Waals surface area (Å²) in [6.45, 7) is 6.64. The van der Waals surface area contributed by atoms with Crippen LogP contribution in [0.3, 0.4) is 0 Å². The van der Waals surface area contributed by atoms with Crippen LogP contribution in [-0.2, 0) is 0 Å². The highest BCUT2D eigenvalue weighted by Gasteiger charge is 2.26. The minimum absolute atomic E-state index is 0.0310. The molecule has 134 valence electrons. The van der Waals surface area contributed by atoms with Gasteiger partial charge in [-0.25, -0.2) is 4.98 Å². The van der Waals surface area contributed by atoms with Gasteiger partial charge in [0.1, 0.15) is 15.6 Å². The Morgan fingerprint density at radius 2 is 2.15 bits per heavy atom. The first-order valence-corrected chi connectivity index (χ1v) is 10.3. The number of carbonyl (C=O) groups excluding carboxylic acids is 1. The number of thiophene rings is 1. The lowest BCUT2D eigenvalue weighted by molar-refractivity contribution is 0.0928. The van der Waals surface area contributed by atoms with E-state index in [1.54, 1.807) is 11.3 Å². The first-order valence-electron chi connectivity index (χ1n) is 8.59. The van der Waals surface area contributed by atoms with Crippen molar-refractivity contribution < 1.29 is 9.53 Å². The van der Waals surface area contributed by atoms with Gasteiger partial charge in [0, 0.05) is 12.0 Å². The Morgan fingerprint density at radius 3 is 2.92 bits per heavy atom. The maximum Gasteiger partial charge on any atom is 0.263 e. The predicted octanol–water partition coefficient (Wildman–Crippen LogP) is 5.05. The number of benzene rings is 1. The van der Waals surface area contributed by atoms with Gasteiger partial charge in [0.25, 0.3) is 5.91 Å². The molecule has 0 radical (unpaired) electrons. The van der Waals surface area contributed by atoms with E-state index in [1.807, 2.05) is 24.4 Å². The average Bonchev–Trinajstić information content (AvgIpc) is 3.25. The Labute approximate surface area is 160 Å². The van der Waals surface area contributed by atoms with Crippen molar-refractivity contribution in [2.45, 2.75) is 33.2 Å². The summed E-state index contributed by atoms with van der Waals surface area (Å²) in [5.74, 6) is 0.854. The third-order valence-electron chi connectivity index (χ3n) is 4.52. The summed E-state index contributed by atoms with van der Waals surface area (Å²) < 4.78 is 5.84. The molecule has 6 heteroatoms. The Balaban J connectivity index is 1.61. The molecule has 4 rings (SSSR count). The van der Waals surface area contributed by atoms with Gasteiger partial charge in [0.15, 0.2) is 0 Å². The Hall–Kier alpha value is -2.18. The zero-order valence-electron chi connectivity index (χ0n) is 15.0. The number of carbonyl (C=O) groups is 1. The van der Waals surface area contributed by atoms with Crippen LogP contribution in [0.15, 0.2) is 29.6 Å². The van der Waals surface area contributed by atoms with Crippen LogP contribution in [0.4, 0.5) is 0 Å². The molecular formula is C20H20N2O2S2. The van der Waals surface area contributed by atoms with Crippen LogP contribution in [0.5, 0.6) is 5.75 Å². The van der Waals surface area contributed by atoms with Gasteiger partial charge in [0.05, 0.1) is 23.2 Å². The molecule has 0 saturated heterocycles. The van der Waals surface area contributed by atoms with Crippen LogP contribution in [0.1, 0.15) is 44.5 Å². The molecule has 2 aromatic heterocycles. The van der Waals surface area contributed by atoms with Gasteiger partial charge in [-0.2, -0.15) is 0 Å². The van der Waals surface area contributed by atoms with Crippen molar-refractivity contribution >= 4 is 28.6 Å². The molecule has 0 fully saturated rings. The average molecular weight is 385 g/mol. The van der Waals surface area contributed by atoms with Crippen molar-refractivity contribution in [1.82, 2.24) is 10.3 Å². The van der Waals surface area contributed by atoms with E-state index in [0.717, 1.165) is 38.9 Å². The normalized spacial score (nSPS) is 16.0. The van der Waals surface area contributed by atoms with Crippen LogP contribution in [0.25, 0.3) is 9.88 Å². The molecule has 3 aromatic rings.